The van der Waals surface area contributed by atoms with Crippen LogP contribution in [-0.2, 0) is 20.4 Å². The van der Waals surface area contributed by atoms with E-state index < -0.39 is 21.5 Å². The van der Waals surface area contributed by atoms with Crippen LogP contribution in [0, 0.1) is 5.92 Å². The molecule has 0 spiro atoms. The van der Waals surface area contributed by atoms with Crippen LogP contribution in [0.5, 0.6) is 11.5 Å². The predicted molar refractivity (Wildman–Crippen MR) is 148 cm³/mol. The number of ether oxygens (including phenoxy) is 2. The molecule has 4 aromatic carbocycles. The fourth-order valence-electron chi connectivity index (χ4n) is 6.55. The van der Waals surface area contributed by atoms with Gasteiger partial charge in [0.2, 0.25) is 5.91 Å². The fourth-order valence-corrected chi connectivity index (χ4v) is 8.31. The minimum Gasteiger partial charge on any atom is -0.497 e. The second-order valence-electron chi connectivity index (χ2n) is 10.1. The highest BCUT2D eigenvalue weighted by Gasteiger charge is 2.73. The van der Waals surface area contributed by atoms with Gasteiger partial charge in [0.25, 0.3) is 10.0 Å². The Bertz CT molecular complexity index is 1590. The smallest absolute Gasteiger partial charge is 0.267 e. The highest BCUT2D eigenvalue weighted by molar-refractivity contribution is 7.89. The summed E-state index contributed by atoms with van der Waals surface area (Å²) in [6.45, 7) is 0. The first-order chi connectivity index (χ1) is 18.9. The molecular weight excluding hydrogens is 510 g/mol. The summed E-state index contributed by atoms with van der Waals surface area (Å²) < 4.78 is 40.1. The second-order valence-corrected chi connectivity index (χ2v) is 11.9. The van der Waals surface area contributed by atoms with Gasteiger partial charge in [0.15, 0.2) is 0 Å². The molecule has 1 aliphatic carbocycles. The summed E-state index contributed by atoms with van der Waals surface area (Å²) >= 11 is 0. The first-order valence-electron chi connectivity index (χ1n) is 12.9. The summed E-state index contributed by atoms with van der Waals surface area (Å²) in [6.07, 6.45) is 0.476. The topological polar surface area (TPSA) is 72.9 Å². The summed E-state index contributed by atoms with van der Waals surface area (Å²) in [6, 6.07) is 33.7. The zero-order chi connectivity index (χ0) is 27.2. The number of benzene rings is 4. The summed E-state index contributed by atoms with van der Waals surface area (Å²) in [4.78, 5) is 14.2. The van der Waals surface area contributed by atoms with Crippen LogP contribution in [0.15, 0.2) is 114 Å². The number of hydrogen-bond acceptors (Lipinski definition) is 5. The monoisotopic (exact) mass is 539 g/mol. The maximum Gasteiger partial charge on any atom is 0.267 e. The highest BCUT2D eigenvalue weighted by Crippen LogP contribution is 2.67. The van der Waals surface area contributed by atoms with Crippen LogP contribution < -0.4 is 9.47 Å². The third-order valence-electron chi connectivity index (χ3n) is 8.27. The summed E-state index contributed by atoms with van der Waals surface area (Å²) in [5.74, 6) is 0.0497. The molecule has 1 amide bonds. The molecule has 198 valence electrons. The van der Waals surface area contributed by atoms with Crippen molar-refractivity contribution < 1.29 is 22.7 Å². The Kier molecular flexibility index (Phi) is 6.19. The van der Waals surface area contributed by atoms with Crippen molar-refractivity contribution >= 4 is 15.9 Å². The molecule has 1 heterocycles. The minimum absolute atomic E-state index is 0.0644. The van der Waals surface area contributed by atoms with Crippen LogP contribution in [0.1, 0.15) is 34.9 Å². The first kappa shape index (κ1) is 25.2. The van der Waals surface area contributed by atoms with E-state index in [-0.39, 0.29) is 22.6 Å². The third-order valence-corrected chi connectivity index (χ3v) is 10.1. The van der Waals surface area contributed by atoms with Crippen LogP contribution in [0.2, 0.25) is 0 Å². The first-order valence-corrected chi connectivity index (χ1v) is 14.3. The highest BCUT2D eigenvalue weighted by atomic mass is 32.2. The molecule has 6 nitrogen and oxygen atoms in total. The Balaban J connectivity index is 1.54. The zero-order valence-electron chi connectivity index (χ0n) is 21.7. The van der Waals surface area contributed by atoms with Crippen LogP contribution in [-0.4, -0.2) is 32.8 Å². The van der Waals surface area contributed by atoms with E-state index in [9.17, 15) is 13.2 Å². The molecule has 2 aliphatic rings. The van der Waals surface area contributed by atoms with Gasteiger partial charge >= 0.3 is 0 Å². The Morgan fingerprint density at radius 1 is 0.718 bits per heavy atom. The van der Waals surface area contributed by atoms with Crippen LogP contribution in [0.3, 0.4) is 0 Å². The maximum absolute atomic E-state index is 14.2. The molecule has 0 unspecified atom stereocenters. The van der Waals surface area contributed by atoms with Gasteiger partial charge in [0.05, 0.1) is 30.6 Å². The lowest BCUT2D eigenvalue weighted by Crippen LogP contribution is -2.68. The zero-order valence-corrected chi connectivity index (χ0v) is 22.5. The van der Waals surface area contributed by atoms with Crippen LogP contribution in [0.25, 0.3) is 0 Å². The summed E-state index contributed by atoms with van der Waals surface area (Å²) in [5.41, 5.74) is 1.87. The molecule has 1 aliphatic heterocycles. The number of hydrogen-bond donors (Lipinski definition) is 0. The molecule has 1 saturated heterocycles. The van der Waals surface area contributed by atoms with E-state index in [0.717, 1.165) is 26.7 Å². The number of rotatable bonds is 7. The van der Waals surface area contributed by atoms with Gasteiger partial charge in [-0.05, 0) is 65.4 Å². The molecule has 2 fully saturated rings. The summed E-state index contributed by atoms with van der Waals surface area (Å²) in [5, 5.41) is 0. The number of amides is 1. The lowest BCUT2D eigenvalue weighted by molar-refractivity contribution is -0.156. The van der Waals surface area contributed by atoms with Gasteiger partial charge < -0.3 is 9.47 Å². The maximum atomic E-state index is 14.2. The van der Waals surface area contributed by atoms with E-state index in [0.29, 0.717) is 12.2 Å². The lowest BCUT2D eigenvalue weighted by atomic mass is 9.69. The van der Waals surface area contributed by atoms with E-state index in [1.165, 1.54) is 19.2 Å². The molecular formula is C32H29NO5S. The quantitative estimate of drug-likeness (QED) is 0.281. The number of β-lactam (4-membered cyclic amide) rings is 1. The summed E-state index contributed by atoms with van der Waals surface area (Å²) in [7, 11) is -1.00. The van der Waals surface area contributed by atoms with Crippen molar-refractivity contribution in [2.75, 3.05) is 14.2 Å². The molecule has 0 radical (unpaired) electrons. The van der Waals surface area contributed by atoms with Crippen molar-refractivity contribution in [1.29, 1.82) is 0 Å². The average molecular weight is 540 g/mol. The SMILES string of the molecule is COc1ccc([C@@H]2[C@H](c3ccccc3)C[C@]3(c4ccccc4)[C@H]2C(=O)N3S(=O)(=O)c2ccc(OC)cc2)cc1. The van der Waals surface area contributed by atoms with Crippen LogP contribution in [0.4, 0.5) is 0 Å². The van der Waals surface area contributed by atoms with Crippen molar-refractivity contribution in [3.63, 3.8) is 0 Å². The Labute approximate surface area is 228 Å². The van der Waals surface area contributed by atoms with Crippen molar-refractivity contribution in [2.24, 2.45) is 5.92 Å². The molecule has 1 saturated carbocycles. The molecule has 0 aromatic heterocycles. The van der Waals surface area contributed by atoms with E-state index >= 15 is 0 Å². The molecule has 4 atom stereocenters. The number of carbonyl (C=O) groups excluding carboxylic acids is 1. The average Bonchev–Trinajstić information content (AvgIpc) is 3.29. The van der Waals surface area contributed by atoms with E-state index in [1.807, 2.05) is 72.8 Å². The van der Waals surface area contributed by atoms with E-state index in [1.54, 1.807) is 19.2 Å². The van der Waals surface area contributed by atoms with E-state index in [2.05, 4.69) is 12.1 Å². The normalized spacial score (nSPS) is 24.1. The molecule has 0 N–H and O–H groups in total. The minimum atomic E-state index is -4.15. The number of fused-ring (bicyclic) bond motifs is 1. The van der Waals surface area contributed by atoms with Gasteiger partial charge in [0, 0.05) is 5.92 Å². The van der Waals surface area contributed by atoms with Gasteiger partial charge in [-0.3, -0.25) is 4.79 Å². The molecule has 6 rings (SSSR count). The van der Waals surface area contributed by atoms with Crippen molar-refractivity contribution in [3.05, 3.63) is 126 Å². The van der Waals surface area contributed by atoms with E-state index in [4.69, 9.17) is 9.47 Å². The van der Waals surface area contributed by atoms with Gasteiger partial charge in [-0.15, -0.1) is 0 Å². The predicted octanol–water partition coefficient (Wildman–Crippen LogP) is 5.72. The second kappa shape index (κ2) is 9.58. The number of methoxy groups -OCH3 is 2. The Morgan fingerprint density at radius 3 is 1.82 bits per heavy atom. The fraction of sp³-hybridized carbons (Fsp3) is 0.219. The van der Waals surface area contributed by atoms with Crippen molar-refractivity contribution in [3.8, 4) is 11.5 Å². The van der Waals surface area contributed by atoms with Crippen LogP contribution >= 0.6 is 0 Å². The van der Waals surface area contributed by atoms with Gasteiger partial charge in [-0.25, -0.2) is 12.7 Å². The number of nitrogens with zero attached hydrogens (tertiary/aromatic N) is 1. The molecule has 7 heteroatoms. The van der Waals surface area contributed by atoms with Crippen molar-refractivity contribution in [2.45, 2.75) is 28.7 Å². The lowest BCUT2D eigenvalue weighted by Gasteiger charge is -2.54. The van der Waals surface area contributed by atoms with Crippen molar-refractivity contribution in [1.82, 2.24) is 4.31 Å². The Morgan fingerprint density at radius 2 is 1.26 bits per heavy atom. The Hall–Kier alpha value is -4.10. The van der Waals surface area contributed by atoms with Gasteiger partial charge in [0.1, 0.15) is 11.5 Å². The molecule has 4 aromatic rings. The number of carbonyl (C=O) groups is 1. The molecule has 39 heavy (non-hydrogen) atoms. The number of sulfonamides is 1. The largest absolute Gasteiger partial charge is 0.497 e. The molecule has 0 bridgehead atoms. The van der Waals surface area contributed by atoms with Gasteiger partial charge in [-0.1, -0.05) is 72.8 Å². The third kappa shape index (κ3) is 3.83. The standard InChI is InChI=1S/C32H29NO5S/c1-37-25-15-13-23(14-16-25)29-28(22-9-5-3-6-10-22)21-32(24-11-7-4-8-12-24)30(29)31(34)33(32)39(35,36)27-19-17-26(38-2)18-20-27/h3-20,28-30H,21H2,1-2H3/t28-,29+,30+,32-/m0/s1. The van der Waals surface area contributed by atoms with Gasteiger partial charge in [-0.2, -0.15) is 0 Å².